The van der Waals surface area contributed by atoms with Gasteiger partial charge in [-0.1, -0.05) is 31.4 Å². The standard InChI is InChI=1S/C9H20O2Si/c1-8(10)9(2,11)12-6-4-3-5-7-12/h8,10-12H,3-7H2,1-2H3. The summed E-state index contributed by atoms with van der Waals surface area (Å²) in [6.45, 7) is 3.53. The summed E-state index contributed by atoms with van der Waals surface area (Å²) in [4.78, 5) is 0. The van der Waals surface area contributed by atoms with Crippen molar-refractivity contribution in [3.05, 3.63) is 0 Å². The molecule has 0 aromatic rings. The van der Waals surface area contributed by atoms with E-state index in [1.54, 1.807) is 6.92 Å². The van der Waals surface area contributed by atoms with Crippen LogP contribution in [0.3, 0.4) is 0 Å². The highest BCUT2D eigenvalue weighted by Crippen LogP contribution is 2.28. The molecule has 0 saturated carbocycles. The lowest BCUT2D eigenvalue weighted by Gasteiger charge is -2.36. The fraction of sp³-hybridized carbons (Fsp3) is 1.00. The molecule has 12 heavy (non-hydrogen) atoms. The molecule has 2 atom stereocenters. The molecule has 0 radical (unpaired) electrons. The van der Waals surface area contributed by atoms with Gasteiger partial charge in [-0.2, -0.15) is 0 Å². The zero-order valence-electron chi connectivity index (χ0n) is 8.08. The third kappa shape index (κ3) is 2.09. The molecule has 1 fully saturated rings. The second-order valence-corrected chi connectivity index (χ2v) is 7.95. The van der Waals surface area contributed by atoms with Gasteiger partial charge in [0.1, 0.15) is 0 Å². The van der Waals surface area contributed by atoms with Gasteiger partial charge in [-0.3, -0.25) is 0 Å². The summed E-state index contributed by atoms with van der Waals surface area (Å²) in [7, 11) is -1.09. The monoisotopic (exact) mass is 188 g/mol. The predicted molar refractivity (Wildman–Crippen MR) is 52.9 cm³/mol. The normalized spacial score (nSPS) is 28.0. The van der Waals surface area contributed by atoms with Crippen LogP contribution in [0.4, 0.5) is 0 Å². The zero-order chi connectivity index (χ0) is 9.19. The van der Waals surface area contributed by atoms with E-state index in [9.17, 15) is 10.2 Å². The van der Waals surface area contributed by atoms with Crippen LogP contribution in [0, 0.1) is 0 Å². The summed E-state index contributed by atoms with van der Waals surface area (Å²) >= 11 is 0. The number of aliphatic hydroxyl groups is 2. The van der Waals surface area contributed by atoms with Gasteiger partial charge >= 0.3 is 0 Å². The van der Waals surface area contributed by atoms with Gasteiger partial charge < -0.3 is 10.2 Å². The second kappa shape index (κ2) is 3.90. The van der Waals surface area contributed by atoms with Gasteiger partial charge in [0.2, 0.25) is 0 Å². The molecule has 1 rings (SSSR count). The van der Waals surface area contributed by atoms with Crippen molar-refractivity contribution in [3.8, 4) is 0 Å². The van der Waals surface area contributed by atoms with E-state index in [-0.39, 0.29) is 0 Å². The summed E-state index contributed by atoms with van der Waals surface area (Å²) in [5.74, 6) is 0. The molecule has 0 amide bonds. The Morgan fingerprint density at radius 3 is 2.17 bits per heavy atom. The van der Waals surface area contributed by atoms with Crippen LogP contribution in [0.1, 0.15) is 33.1 Å². The van der Waals surface area contributed by atoms with Crippen molar-refractivity contribution in [1.82, 2.24) is 0 Å². The quantitative estimate of drug-likeness (QED) is 0.636. The summed E-state index contributed by atoms with van der Waals surface area (Å²) in [6, 6.07) is 2.41. The van der Waals surface area contributed by atoms with Crippen molar-refractivity contribution in [2.45, 2.75) is 56.5 Å². The molecule has 0 spiro atoms. The Morgan fingerprint density at radius 1 is 1.25 bits per heavy atom. The van der Waals surface area contributed by atoms with Crippen LogP contribution < -0.4 is 0 Å². The molecule has 2 nitrogen and oxygen atoms in total. The van der Waals surface area contributed by atoms with Crippen LogP contribution in [0.5, 0.6) is 0 Å². The second-order valence-electron chi connectivity index (χ2n) is 4.24. The minimum absolute atomic E-state index is 0.549. The third-order valence-electron chi connectivity index (χ3n) is 3.28. The zero-order valence-corrected chi connectivity index (χ0v) is 9.24. The van der Waals surface area contributed by atoms with Crippen molar-refractivity contribution in [2.75, 3.05) is 0 Å². The van der Waals surface area contributed by atoms with Gasteiger partial charge in [0.25, 0.3) is 0 Å². The summed E-state index contributed by atoms with van der Waals surface area (Å²) in [5.41, 5.74) is 0. The Labute approximate surface area is 76.2 Å². The van der Waals surface area contributed by atoms with E-state index < -0.39 is 20.1 Å². The molecule has 1 aliphatic rings. The highest BCUT2D eigenvalue weighted by Gasteiger charge is 2.37. The number of aliphatic hydroxyl groups excluding tert-OH is 1. The third-order valence-corrected chi connectivity index (χ3v) is 7.62. The Morgan fingerprint density at radius 2 is 1.75 bits per heavy atom. The molecule has 2 unspecified atom stereocenters. The van der Waals surface area contributed by atoms with Crippen LogP contribution >= 0.6 is 0 Å². The van der Waals surface area contributed by atoms with Crippen LogP contribution in [0.15, 0.2) is 0 Å². The average molecular weight is 188 g/mol. The Hall–Kier alpha value is 0.137. The SMILES string of the molecule is CC(O)C(C)(O)[SiH]1CCCCC1. The van der Waals surface area contributed by atoms with Gasteiger partial charge in [-0.05, 0) is 13.8 Å². The predicted octanol–water partition coefficient (Wildman–Crippen LogP) is 1.07. The first-order valence-corrected chi connectivity index (χ1v) is 7.16. The van der Waals surface area contributed by atoms with Crippen molar-refractivity contribution >= 4 is 8.80 Å². The van der Waals surface area contributed by atoms with Crippen molar-refractivity contribution in [2.24, 2.45) is 0 Å². The van der Waals surface area contributed by atoms with E-state index in [4.69, 9.17) is 0 Å². The van der Waals surface area contributed by atoms with Crippen molar-refractivity contribution in [3.63, 3.8) is 0 Å². The van der Waals surface area contributed by atoms with Crippen LogP contribution in [-0.2, 0) is 0 Å². The lowest BCUT2D eigenvalue weighted by Crippen LogP contribution is -2.51. The Kier molecular flexibility index (Phi) is 3.32. The topological polar surface area (TPSA) is 40.5 Å². The molecule has 72 valence electrons. The first-order valence-electron chi connectivity index (χ1n) is 4.95. The molecule has 3 heteroatoms. The van der Waals surface area contributed by atoms with E-state index >= 15 is 0 Å². The highest BCUT2D eigenvalue weighted by molar-refractivity contribution is 6.62. The van der Waals surface area contributed by atoms with Crippen molar-refractivity contribution < 1.29 is 10.2 Å². The van der Waals surface area contributed by atoms with Gasteiger partial charge in [0, 0.05) is 0 Å². The largest absolute Gasteiger partial charge is 0.391 e. The fourth-order valence-corrected chi connectivity index (χ4v) is 5.73. The van der Waals surface area contributed by atoms with Gasteiger partial charge in [-0.15, -0.1) is 0 Å². The highest BCUT2D eigenvalue weighted by atomic mass is 28.3. The molecule has 1 saturated heterocycles. The first kappa shape index (κ1) is 10.2. The van der Waals surface area contributed by atoms with Gasteiger partial charge in [0.15, 0.2) is 0 Å². The molecule has 0 aromatic carbocycles. The van der Waals surface area contributed by atoms with E-state index in [0.717, 1.165) is 0 Å². The van der Waals surface area contributed by atoms with E-state index in [2.05, 4.69) is 0 Å². The summed E-state index contributed by atoms with van der Waals surface area (Å²) in [6.07, 6.45) is 3.30. The lowest BCUT2D eigenvalue weighted by atomic mass is 10.2. The minimum atomic E-state index is -1.09. The Balaban J connectivity index is 2.53. The molecular weight excluding hydrogens is 168 g/mol. The Bertz CT molecular complexity index is 139. The lowest BCUT2D eigenvalue weighted by molar-refractivity contribution is 0.00372. The minimum Gasteiger partial charge on any atom is -0.391 e. The van der Waals surface area contributed by atoms with Gasteiger partial charge in [0.05, 0.1) is 20.1 Å². The molecule has 0 aromatic heterocycles. The molecule has 0 aliphatic carbocycles. The van der Waals surface area contributed by atoms with Crippen LogP contribution in [-0.4, -0.2) is 30.3 Å². The number of rotatable bonds is 2. The van der Waals surface area contributed by atoms with Crippen LogP contribution in [0.25, 0.3) is 0 Å². The number of hydrogen-bond acceptors (Lipinski definition) is 2. The maximum Gasteiger partial charge on any atom is 0.0782 e. The fourth-order valence-electron chi connectivity index (χ4n) is 2.03. The average Bonchev–Trinajstić information content (AvgIpc) is 2.06. The van der Waals surface area contributed by atoms with Gasteiger partial charge in [-0.25, -0.2) is 0 Å². The molecule has 2 N–H and O–H groups in total. The molecular formula is C9H20O2Si. The summed E-state index contributed by atoms with van der Waals surface area (Å²) in [5, 5.41) is 18.7. The van der Waals surface area contributed by atoms with E-state index in [1.807, 2.05) is 6.92 Å². The van der Waals surface area contributed by atoms with E-state index in [1.165, 1.54) is 31.4 Å². The molecule has 0 bridgehead atoms. The van der Waals surface area contributed by atoms with Crippen LogP contribution in [0.2, 0.25) is 12.1 Å². The summed E-state index contributed by atoms with van der Waals surface area (Å²) < 4.78 is 0. The first-order chi connectivity index (χ1) is 5.55. The maximum absolute atomic E-state index is 10.0. The molecule has 1 aliphatic heterocycles. The maximum atomic E-state index is 10.0. The number of hydrogen-bond donors (Lipinski definition) is 2. The van der Waals surface area contributed by atoms with Crippen molar-refractivity contribution in [1.29, 1.82) is 0 Å². The molecule has 1 heterocycles. The van der Waals surface area contributed by atoms with E-state index in [0.29, 0.717) is 0 Å². The smallest absolute Gasteiger partial charge is 0.0782 e.